The van der Waals surface area contributed by atoms with Gasteiger partial charge in [0.15, 0.2) is 0 Å². The predicted molar refractivity (Wildman–Crippen MR) is 81.2 cm³/mol. The first-order valence-corrected chi connectivity index (χ1v) is 13.2. The molecule has 0 aliphatic carbocycles. The molecule has 1 unspecified atom stereocenters. The summed E-state index contributed by atoms with van der Waals surface area (Å²) in [6.45, 7) is 11.9. The Labute approximate surface area is 111 Å². The van der Waals surface area contributed by atoms with E-state index in [9.17, 15) is 0 Å². The summed E-state index contributed by atoms with van der Waals surface area (Å²) in [7, 11) is 0. The predicted octanol–water partition coefficient (Wildman–Crippen LogP) is 4.37. The van der Waals surface area contributed by atoms with E-state index in [0.29, 0.717) is 0 Å². The van der Waals surface area contributed by atoms with Crippen LogP contribution in [0.4, 0.5) is 0 Å². The van der Waals surface area contributed by atoms with Gasteiger partial charge in [0.25, 0.3) is 0 Å². The summed E-state index contributed by atoms with van der Waals surface area (Å²) in [5.74, 6) is 0.958. The summed E-state index contributed by atoms with van der Waals surface area (Å²) in [5.41, 5.74) is 1.61. The van der Waals surface area contributed by atoms with E-state index in [4.69, 9.17) is 0 Å². The van der Waals surface area contributed by atoms with Gasteiger partial charge < -0.3 is 0 Å². The topological polar surface area (TPSA) is 12.0 Å². The number of nitrogens with one attached hydrogen (secondary N) is 1. The van der Waals surface area contributed by atoms with Crippen LogP contribution >= 0.6 is 0 Å². The average Bonchev–Trinajstić information content (AvgIpc) is 2.32. The van der Waals surface area contributed by atoms with Crippen molar-refractivity contribution in [3.8, 4) is 0 Å². The van der Waals surface area contributed by atoms with Crippen molar-refractivity contribution in [2.45, 2.75) is 62.7 Å². The molecule has 1 atom stereocenters. The SMILES string of the molecule is CCCCC1CNC/C(C)=[CH]\[Ge]([CH2]C)([CH2]C)[CH2]1. The minimum absolute atomic E-state index is 0.958. The summed E-state index contributed by atoms with van der Waals surface area (Å²) in [5, 5.41) is 8.18. The van der Waals surface area contributed by atoms with Crippen LogP contribution in [0.3, 0.4) is 0 Å². The Morgan fingerprint density at radius 3 is 2.59 bits per heavy atom. The molecule has 1 aliphatic rings. The van der Waals surface area contributed by atoms with Crippen LogP contribution in [0, 0.1) is 5.92 Å². The van der Waals surface area contributed by atoms with Gasteiger partial charge in [-0.3, -0.25) is 0 Å². The normalized spacial score (nSPS) is 28.0. The second-order valence-electron chi connectivity index (χ2n) is 5.90. The van der Waals surface area contributed by atoms with Gasteiger partial charge in [-0.15, -0.1) is 0 Å². The van der Waals surface area contributed by atoms with Crippen LogP contribution in [0.2, 0.25) is 15.8 Å². The summed E-state index contributed by atoms with van der Waals surface area (Å²) < 4.78 is 0. The Morgan fingerprint density at radius 1 is 1.29 bits per heavy atom. The van der Waals surface area contributed by atoms with Crippen molar-refractivity contribution in [2.24, 2.45) is 5.92 Å². The first-order chi connectivity index (χ1) is 8.15. The zero-order chi connectivity index (χ0) is 12.7. The third-order valence-electron chi connectivity index (χ3n) is 4.46. The van der Waals surface area contributed by atoms with E-state index in [0.717, 1.165) is 12.5 Å². The quantitative estimate of drug-likeness (QED) is 0.743. The fraction of sp³-hybridized carbons (Fsp3) is 0.867. The molecule has 0 bridgehead atoms. The van der Waals surface area contributed by atoms with Crippen LogP contribution in [-0.4, -0.2) is 26.4 Å². The molecule has 0 amide bonds. The van der Waals surface area contributed by atoms with Crippen molar-refractivity contribution in [3.63, 3.8) is 0 Å². The molecule has 0 aromatic rings. The van der Waals surface area contributed by atoms with Crippen molar-refractivity contribution in [1.29, 1.82) is 0 Å². The second-order valence-corrected chi connectivity index (χ2v) is 16.0. The van der Waals surface area contributed by atoms with Crippen molar-refractivity contribution in [3.05, 3.63) is 10.5 Å². The van der Waals surface area contributed by atoms with Crippen molar-refractivity contribution in [1.82, 2.24) is 5.32 Å². The fourth-order valence-electron chi connectivity index (χ4n) is 3.19. The molecule has 1 heterocycles. The minimum atomic E-state index is -1.64. The van der Waals surface area contributed by atoms with Gasteiger partial charge in [-0.2, -0.15) is 0 Å². The molecule has 0 spiro atoms. The van der Waals surface area contributed by atoms with E-state index in [1.54, 1.807) is 10.8 Å². The zero-order valence-electron chi connectivity index (χ0n) is 12.3. The maximum absolute atomic E-state index is 3.64. The Kier molecular flexibility index (Phi) is 6.87. The molecular weight excluding hydrogens is 267 g/mol. The third kappa shape index (κ3) is 4.78. The zero-order valence-corrected chi connectivity index (χ0v) is 14.4. The molecule has 2 heteroatoms. The van der Waals surface area contributed by atoms with E-state index < -0.39 is 13.3 Å². The van der Waals surface area contributed by atoms with Crippen molar-refractivity contribution >= 4 is 13.3 Å². The number of rotatable bonds is 5. The number of hydrogen-bond donors (Lipinski definition) is 1. The van der Waals surface area contributed by atoms with Crippen LogP contribution in [0.15, 0.2) is 10.5 Å². The molecule has 17 heavy (non-hydrogen) atoms. The fourth-order valence-corrected chi connectivity index (χ4v) is 12.1. The van der Waals surface area contributed by atoms with Gasteiger partial charge in [0.1, 0.15) is 0 Å². The Bertz CT molecular complexity index is 243. The average molecular weight is 298 g/mol. The van der Waals surface area contributed by atoms with Crippen LogP contribution in [0.1, 0.15) is 47.0 Å². The van der Waals surface area contributed by atoms with Crippen molar-refractivity contribution in [2.75, 3.05) is 13.1 Å². The van der Waals surface area contributed by atoms with Gasteiger partial charge in [-0.1, -0.05) is 0 Å². The summed E-state index contributed by atoms with van der Waals surface area (Å²) in [6.07, 6.45) is 4.22. The standard InChI is InChI=1S/C15H31GeN/c1-5-8-9-15-11-16(6-2,7-3)10-14(4)12-17-13-15/h10,15,17H,5-9,11-13H2,1-4H3/b14-10-. The van der Waals surface area contributed by atoms with Crippen LogP contribution in [0.25, 0.3) is 0 Å². The van der Waals surface area contributed by atoms with E-state index in [-0.39, 0.29) is 0 Å². The van der Waals surface area contributed by atoms with Gasteiger partial charge >= 0.3 is 111 Å². The van der Waals surface area contributed by atoms with Gasteiger partial charge in [0.2, 0.25) is 0 Å². The molecule has 0 radical (unpaired) electrons. The molecule has 1 aliphatic heterocycles. The summed E-state index contributed by atoms with van der Waals surface area (Å²) in [4.78, 5) is 2.76. The first kappa shape index (κ1) is 15.3. The van der Waals surface area contributed by atoms with Gasteiger partial charge in [0.05, 0.1) is 0 Å². The molecule has 0 fully saturated rings. The molecule has 1 nitrogen and oxygen atoms in total. The Hall–Kier alpha value is 0.243. The van der Waals surface area contributed by atoms with Gasteiger partial charge in [-0.05, 0) is 0 Å². The van der Waals surface area contributed by atoms with E-state index in [1.807, 2.05) is 0 Å². The molecule has 1 rings (SSSR count). The van der Waals surface area contributed by atoms with Gasteiger partial charge in [0, 0.05) is 0 Å². The Morgan fingerprint density at radius 2 is 2.00 bits per heavy atom. The molecular formula is C15H31GeN. The number of unbranched alkanes of at least 4 members (excludes halogenated alkanes) is 1. The van der Waals surface area contributed by atoms with Gasteiger partial charge in [-0.25, -0.2) is 0 Å². The van der Waals surface area contributed by atoms with E-state index >= 15 is 0 Å². The maximum atomic E-state index is 3.64. The third-order valence-corrected chi connectivity index (χ3v) is 15.6. The molecule has 100 valence electrons. The van der Waals surface area contributed by atoms with E-state index in [2.05, 4.69) is 37.9 Å². The summed E-state index contributed by atoms with van der Waals surface area (Å²) >= 11 is -1.64. The second kappa shape index (κ2) is 7.63. The number of hydrogen-bond acceptors (Lipinski definition) is 1. The van der Waals surface area contributed by atoms with Crippen LogP contribution < -0.4 is 5.32 Å². The molecule has 0 aromatic carbocycles. The summed E-state index contributed by atoms with van der Waals surface area (Å²) in [6, 6.07) is 0. The molecule has 0 saturated heterocycles. The van der Waals surface area contributed by atoms with Crippen LogP contribution in [-0.2, 0) is 0 Å². The molecule has 0 saturated carbocycles. The van der Waals surface area contributed by atoms with Crippen LogP contribution in [0.5, 0.6) is 0 Å². The molecule has 1 N–H and O–H groups in total. The first-order valence-electron chi connectivity index (χ1n) is 7.54. The monoisotopic (exact) mass is 299 g/mol. The Balaban J connectivity index is 2.75. The van der Waals surface area contributed by atoms with E-state index in [1.165, 1.54) is 36.3 Å². The molecule has 0 aromatic heterocycles. The van der Waals surface area contributed by atoms with Crippen molar-refractivity contribution < 1.29 is 0 Å².